The van der Waals surface area contributed by atoms with E-state index in [9.17, 15) is 9.59 Å². The van der Waals surface area contributed by atoms with Gasteiger partial charge in [0.15, 0.2) is 0 Å². The van der Waals surface area contributed by atoms with Crippen LogP contribution >= 0.6 is 11.8 Å². The predicted octanol–water partition coefficient (Wildman–Crippen LogP) is 4.64. The van der Waals surface area contributed by atoms with Gasteiger partial charge in [0.2, 0.25) is 11.8 Å². The van der Waals surface area contributed by atoms with E-state index in [2.05, 4.69) is 36.6 Å². The largest absolute Gasteiger partial charge is 0.349 e. The van der Waals surface area contributed by atoms with Gasteiger partial charge in [-0.2, -0.15) is 0 Å². The molecule has 0 saturated heterocycles. The molecule has 0 aliphatic carbocycles. The molecule has 0 radical (unpaired) electrons. The molecular formula is C21H26N2O2S. The second-order valence-electron chi connectivity index (χ2n) is 6.65. The topological polar surface area (TPSA) is 58.2 Å². The van der Waals surface area contributed by atoms with E-state index < -0.39 is 0 Å². The highest BCUT2D eigenvalue weighted by Crippen LogP contribution is 2.23. The van der Waals surface area contributed by atoms with Crippen molar-refractivity contribution in [3.8, 4) is 0 Å². The fourth-order valence-electron chi connectivity index (χ4n) is 2.66. The summed E-state index contributed by atoms with van der Waals surface area (Å²) in [5.74, 6) is 0.785. The van der Waals surface area contributed by atoms with E-state index in [1.807, 2.05) is 42.5 Å². The Hall–Kier alpha value is -2.27. The van der Waals surface area contributed by atoms with Crippen LogP contribution in [0.3, 0.4) is 0 Å². The van der Waals surface area contributed by atoms with Crippen molar-refractivity contribution in [2.45, 2.75) is 38.1 Å². The van der Waals surface area contributed by atoms with Crippen LogP contribution in [0.25, 0.3) is 0 Å². The van der Waals surface area contributed by atoms with E-state index in [1.54, 1.807) is 0 Å². The molecule has 0 spiro atoms. The molecular weight excluding hydrogens is 344 g/mol. The van der Waals surface area contributed by atoms with Gasteiger partial charge in [-0.15, -0.1) is 11.8 Å². The number of hydrogen-bond donors (Lipinski definition) is 2. The van der Waals surface area contributed by atoms with Crippen LogP contribution in [0, 0.1) is 5.92 Å². The molecule has 0 fully saturated rings. The minimum atomic E-state index is -0.0955. The number of benzene rings is 2. The van der Waals surface area contributed by atoms with Crippen LogP contribution in [0.1, 0.15) is 38.8 Å². The maximum atomic E-state index is 12.4. The molecule has 2 N–H and O–H groups in total. The summed E-state index contributed by atoms with van der Waals surface area (Å²) in [5, 5.41) is 5.89. The Balaban J connectivity index is 1.90. The van der Waals surface area contributed by atoms with Gasteiger partial charge in [0.25, 0.3) is 0 Å². The molecule has 1 atom stereocenters. The number of nitrogens with one attached hydrogen (secondary N) is 2. The zero-order valence-corrected chi connectivity index (χ0v) is 16.3. The lowest BCUT2D eigenvalue weighted by Crippen LogP contribution is -2.30. The molecule has 0 aliphatic rings. The van der Waals surface area contributed by atoms with Gasteiger partial charge in [0, 0.05) is 17.5 Å². The van der Waals surface area contributed by atoms with Crippen LogP contribution in [0.4, 0.5) is 5.69 Å². The molecule has 2 aromatic carbocycles. The standard InChI is InChI=1S/C21H26N2O2S/c1-15(2)13-20(17-7-5-4-6-8-17)23-21(25)14-26-19-11-9-18(10-12-19)22-16(3)24/h4-12,15,20H,13-14H2,1-3H3,(H,22,24)(H,23,25)/t20-/m0/s1. The highest BCUT2D eigenvalue weighted by molar-refractivity contribution is 8.00. The van der Waals surface area contributed by atoms with E-state index >= 15 is 0 Å². The average molecular weight is 371 g/mol. The van der Waals surface area contributed by atoms with Gasteiger partial charge in [0.05, 0.1) is 11.8 Å². The first kappa shape index (κ1) is 20.0. The first-order valence-electron chi connectivity index (χ1n) is 8.79. The van der Waals surface area contributed by atoms with E-state index in [0.29, 0.717) is 11.7 Å². The first-order chi connectivity index (χ1) is 12.4. The molecule has 0 bridgehead atoms. The first-order valence-corrected chi connectivity index (χ1v) is 9.77. The van der Waals surface area contributed by atoms with Crippen LogP contribution in [-0.4, -0.2) is 17.6 Å². The molecule has 0 heterocycles. The van der Waals surface area contributed by atoms with Crippen LogP contribution in [-0.2, 0) is 9.59 Å². The summed E-state index contributed by atoms with van der Waals surface area (Å²) in [4.78, 5) is 24.4. The minimum absolute atomic E-state index is 0.0236. The third-order valence-electron chi connectivity index (χ3n) is 3.79. The maximum Gasteiger partial charge on any atom is 0.230 e. The predicted molar refractivity (Wildman–Crippen MR) is 108 cm³/mol. The summed E-state index contributed by atoms with van der Waals surface area (Å²) < 4.78 is 0. The third kappa shape index (κ3) is 6.92. The van der Waals surface area contributed by atoms with Crippen molar-refractivity contribution in [3.05, 3.63) is 60.2 Å². The zero-order valence-electron chi connectivity index (χ0n) is 15.5. The second kappa shape index (κ2) is 10.0. The third-order valence-corrected chi connectivity index (χ3v) is 4.80. The summed E-state index contributed by atoms with van der Waals surface area (Å²) in [6.07, 6.45) is 0.909. The lowest BCUT2D eigenvalue weighted by molar-refractivity contribution is -0.119. The monoisotopic (exact) mass is 370 g/mol. The number of amides is 2. The van der Waals surface area contributed by atoms with Gasteiger partial charge >= 0.3 is 0 Å². The number of anilines is 1. The zero-order chi connectivity index (χ0) is 18.9. The molecule has 0 unspecified atom stereocenters. The van der Waals surface area contributed by atoms with Crippen molar-refractivity contribution in [2.24, 2.45) is 5.92 Å². The van der Waals surface area contributed by atoms with E-state index in [4.69, 9.17) is 0 Å². The summed E-state index contributed by atoms with van der Waals surface area (Å²) in [6, 6.07) is 17.6. The van der Waals surface area contributed by atoms with Crippen LogP contribution in [0.2, 0.25) is 0 Å². The quantitative estimate of drug-likeness (QED) is 0.666. The normalized spacial score (nSPS) is 11.8. The molecule has 4 nitrogen and oxygen atoms in total. The van der Waals surface area contributed by atoms with E-state index in [1.165, 1.54) is 18.7 Å². The number of rotatable bonds is 8. The molecule has 0 aromatic heterocycles. The highest BCUT2D eigenvalue weighted by Gasteiger charge is 2.16. The fourth-order valence-corrected chi connectivity index (χ4v) is 3.37. The van der Waals surface area contributed by atoms with Crippen LogP contribution in [0.15, 0.2) is 59.5 Å². The Bertz CT molecular complexity index is 715. The number of thioether (sulfide) groups is 1. The Labute approximate surface area is 159 Å². The van der Waals surface area contributed by atoms with Gasteiger partial charge in [-0.1, -0.05) is 44.2 Å². The van der Waals surface area contributed by atoms with Crippen LogP contribution in [0.5, 0.6) is 0 Å². The lowest BCUT2D eigenvalue weighted by atomic mass is 9.97. The van der Waals surface area contributed by atoms with Gasteiger partial charge in [-0.05, 0) is 42.2 Å². The summed E-state index contributed by atoms with van der Waals surface area (Å²) in [6.45, 7) is 5.80. The maximum absolute atomic E-state index is 12.4. The minimum Gasteiger partial charge on any atom is -0.349 e. The second-order valence-corrected chi connectivity index (χ2v) is 7.70. The van der Waals surface area contributed by atoms with Crippen molar-refractivity contribution in [1.29, 1.82) is 0 Å². The number of carbonyl (C=O) groups is 2. The number of hydrogen-bond acceptors (Lipinski definition) is 3. The molecule has 26 heavy (non-hydrogen) atoms. The molecule has 2 aromatic rings. The Morgan fingerprint density at radius 2 is 1.65 bits per heavy atom. The molecule has 138 valence electrons. The van der Waals surface area contributed by atoms with Gasteiger partial charge in [0.1, 0.15) is 0 Å². The molecule has 2 rings (SSSR count). The van der Waals surface area contributed by atoms with Gasteiger partial charge in [-0.3, -0.25) is 9.59 Å². The van der Waals surface area contributed by atoms with Gasteiger partial charge in [-0.25, -0.2) is 0 Å². The Morgan fingerprint density at radius 1 is 1.00 bits per heavy atom. The SMILES string of the molecule is CC(=O)Nc1ccc(SCC(=O)N[C@@H](CC(C)C)c2ccccc2)cc1. The van der Waals surface area contributed by atoms with E-state index in [-0.39, 0.29) is 17.9 Å². The van der Waals surface area contributed by atoms with Crippen molar-refractivity contribution < 1.29 is 9.59 Å². The van der Waals surface area contributed by atoms with E-state index in [0.717, 1.165) is 22.6 Å². The van der Waals surface area contributed by atoms with Crippen molar-refractivity contribution in [1.82, 2.24) is 5.32 Å². The molecule has 0 saturated carbocycles. The highest BCUT2D eigenvalue weighted by atomic mass is 32.2. The van der Waals surface area contributed by atoms with Crippen molar-refractivity contribution in [2.75, 3.05) is 11.1 Å². The summed E-state index contributed by atoms with van der Waals surface area (Å²) in [5.41, 5.74) is 1.89. The Morgan fingerprint density at radius 3 is 2.23 bits per heavy atom. The van der Waals surface area contributed by atoms with Crippen LogP contribution < -0.4 is 10.6 Å². The van der Waals surface area contributed by atoms with Crippen molar-refractivity contribution >= 4 is 29.3 Å². The fraction of sp³-hybridized carbons (Fsp3) is 0.333. The average Bonchev–Trinajstić information content (AvgIpc) is 2.60. The summed E-state index contributed by atoms with van der Waals surface area (Å²) >= 11 is 1.49. The molecule has 5 heteroatoms. The molecule has 0 aliphatic heterocycles. The smallest absolute Gasteiger partial charge is 0.230 e. The van der Waals surface area contributed by atoms with Crippen molar-refractivity contribution in [3.63, 3.8) is 0 Å². The molecule has 2 amide bonds. The summed E-state index contributed by atoms with van der Waals surface area (Å²) in [7, 11) is 0. The number of carbonyl (C=O) groups excluding carboxylic acids is 2. The van der Waals surface area contributed by atoms with Gasteiger partial charge < -0.3 is 10.6 Å². The lowest BCUT2D eigenvalue weighted by Gasteiger charge is -2.21. The Kier molecular flexibility index (Phi) is 7.73.